The van der Waals surface area contributed by atoms with Gasteiger partial charge in [0.2, 0.25) is 5.91 Å². The lowest BCUT2D eigenvalue weighted by Gasteiger charge is -2.09. The lowest BCUT2D eigenvalue weighted by atomic mass is 10.1. The maximum atomic E-state index is 13.4. The van der Waals surface area contributed by atoms with Crippen LogP contribution >= 0.6 is 11.6 Å². The molecule has 0 radical (unpaired) electrons. The van der Waals surface area contributed by atoms with Crippen molar-refractivity contribution in [3.8, 4) is 0 Å². The molecule has 1 amide bonds. The molecule has 0 saturated heterocycles. The monoisotopic (exact) mass is 342 g/mol. The fourth-order valence-corrected chi connectivity index (χ4v) is 2.15. The maximum Gasteiger partial charge on any atom is 0.239 e. The standard InChI is InChI=1S/C16H14ClF3N2O/c17-11-3-1-2-10(8-11)6-7-21-14(23)9-22-13-5-4-12(18)15(19)16(13)20/h1-5,8,22H,6-7,9H2,(H,21,23). The first kappa shape index (κ1) is 17.1. The number of amides is 1. The van der Waals surface area contributed by atoms with Crippen molar-refractivity contribution in [2.24, 2.45) is 0 Å². The molecule has 0 saturated carbocycles. The molecule has 0 unspecified atom stereocenters. The largest absolute Gasteiger partial charge is 0.374 e. The second kappa shape index (κ2) is 7.87. The van der Waals surface area contributed by atoms with Gasteiger partial charge in [-0.25, -0.2) is 13.2 Å². The molecule has 0 aliphatic heterocycles. The van der Waals surface area contributed by atoms with Gasteiger partial charge in [0, 0.05) is 11.6 Å². The topological polar surface area (TPSA) is 41.1 Å². The third-order valence-corrected chi connectivity index (χ3v) is 3.33. The average Bonchev–Trinajstić information content (AvgIpc) is 2.52. The minimum Gasteiger partial charge on any atom is -0.374 e. The van der Waals surface area contributed by atoms with Gasteiger partial charge < -0.3 is 10.6 Å². The second-order valence-corrected chi connectivity index (χ2v) is 5.24. The Balaban J connectivity index is 1.78. The van der Waals surface area contributed by atoms with Crippen LogP contribution in [0.5, 0.6) is 0 Å². The molecule has 0 spiro atoms. The molecule has 2 aromatic rings. The normalized spacial score (nSPS) is 10.4. The van der Waals surface area contributed by atoms with Gasteiger partial charge in [-0.3, -0.25) is 4.79 Å². The summed E-state index contributed by atoms with van der Waals surface area (Å²) in [6, 6.07) is 9.07. The molecule has 0 aliphatic rings. The van der Waals surface area contributed by atoms with E-state index in [9.17, 15) is 18.0 Å². The van der Waals surface area contributed by atoms with Crippen molar-refractivity contribution in [3.63, 3.8) is 0 Å². The number of rotatable bonds is 6. The van der Waals surface area contributed by atoms with Gasteiger partial charge in [0.25, 0.3) is 0 Å². The Morgan fingerprint density at radius 3 is 2.61 bits per heavy atom. The Labute approximate surface area is 136 Å². The molecule has 122 valence electrons. The lowest BCUT2D eigenvalue weighted by Crippen LogP contribution is -2.31. The van der Waals surface area contributed by atoms with Gasteiger partial charge in [0.05, 0.1) is 12.2 Å². The highest BCUT2D eigenvalue weighted by Crippen LogP contribution is 2.19. The van der Waals surface area contributed by atoms with Crippen LogP contribution in [0.3, 0.4) is 0 Å². The molecule has 2 rings (SSSR count). The van der Waals surface area contributed by atoms with Gasteiger partial charge >= 0.3 is 0 Å². The molecular formula is C16H14ClF3N2O. The van der Waals surface area contributed by atoms with Crippen molar-refractivity contribution in [2.75, 3.05) is 18.4 Å². The Morgan fingerprint density at radius 1 is 1.09 bits per heavy atom. The van der Waals surface area contributed by atoms with E-state index in [0.29, 0.717) is 18.0 Å². The molecule has 0 aromatic heterocycles. The van der Waals surface area contributed by atoms with E-state index < -0.39 is 23.4 Å². The molecule has 0 atom stereocenters. The quantitative estimate of drug-likeness (QED) is 0.789. The van der Waals surface area contributed by atoms with Gasteiger partial charge in [0.15, 0.2) is 17.5 Å². The highest BCUT2D eigenvalue weighted by Gasteiger charge is 2.13. The summed E-state index contributed by atoms with van der Waals surface area (Å²) in [5.74, 6) is -4.59. The van der Waals surface area contributed by atoms with Gasteiger partial charge in [-0.1, -0.05) is 23.7 Å². The average molecular weight is 343 g/mol. The predicted molar refractivity (Wildman–Crippen MR) is 83.0 cm³/mol. The van der Waals surface area contributed by atoms with E-state index >= 15 is 0 Å². The third kappa shape index (κ3) is 4.89. The molecule has 0 heterocycles. The number of benzene rings is 2. The molecule has 2 N–H and O–H groups in total. The van der Waals surface area contributed by atoms with Crippen LogP contribution < -0.4 is 10.6 Å². The summed E-state index contributed by atoms with van der Waals surface area (Å²) in [7, 11) is 0. The van der Waals surface area contributed by atoms with E-state index in [-0.39, 0.29) is 12.2 Å². The minimum absolute atomic E-state index is 0.252. The summed E-state index contributed by atoms with van der Waals surface area (Å²) in [5, 5.41) is 5.67. The molecule has 0 aliphatic carbocycles. The first-order chi connectivity index (χ1) is 11.0. The Morgan fingerprint density at radius 2 is 1.87 bits per heavy atom. The van der Waals surface area contributed by atoms with Crippen LogP contribution in [0.2, 0.25) is 5.02 Å². The zero-order valence-corrected chi connectivity index (χ0v) is 12.8. The summed E-state index contributed by atoms with van der Waals surface area (Å²) in [6.07, 6.45) is 0.589. The zero-order valence-electron chi connectivity index (χ0n) is 12.0. The third-order valence-electron chi connectivity index (χ3n) is 3.10. The zero-order chi connectivity index (χ0) is 16.8. The van der Waals surface area contributed by atoms with Crippen molar-refractivity contribution in [2.45, 2.75) is 6.42 Å². The lowest BCUT2D eigenvalue weighted by molar-refractivity contribution is -0.119. The Bertz CT molecular complexity index is 710. The van der Waals surface area contributed by atoms with E-state index in [1.54, 1.807) is 12.1 Å². The van der Waals surface area contributed by atoms with Crippen LogP contribution in [-0.2, 0) is 11.2 Å². The van der Waals surface area contributed by atoms with Crippen molar-refractivity contribution in [1.29, 1.82) is 0 Å². The number of hydrogen-bond donors (Lipinski definition) is 2. The van der Waals surface area contributed by atoms with Crippen LogP contribution in [0.1, 0.15) is 5.56 Å². The van der Waals surface area contributed by atoms with E-state index in [4.69, 9.17) is 11.6 Å². The van der Waals surface area contributed by atoms with Crippen molar-refractivity contribution in [1.82, 2.24) is 5.32 Å². The molecule has 7 heteroatoms. The summed E-state index contributed by atoms with van der Waals surface area (Å²) >= 11 is 5.85. The first-order valence-corrected chi connectivity index (χ1v) is 7.23. The van der Waals surface area contributed by atoms with E-state index in [1.165, 1.54) is 0 Å². The van der Waals surface area contributed by atoms with Crippen molar-refractivity contribution in [3.05, 3.63) is 64.4 Å². The fraction of sp³-hybridized carbons (Fsp3) is 0.188. The number of carbonyl (C=O) groups excluding carboxylic acids is 1. The molecule has 2 aromatic carbocycles. The highest BCUT2D eigenvalue weighted by atomic mass is 35.5. The van der Waals surface area contributed by atoms with Gasteiger partial charge in [-0.05, 0) is 36.2 Å². The van der Waals surface area contributed by atoms with Crippen LogP contribution in [0.4, 0.5) is 18.9 Å². The van der Waals surface area contributed by atoms with Gasteiger partial charge in [-0.15, -0.1) is 0 Å². The van der Waals surface area contributed by atoms with Crippen LogP contribution in [0.25, 0.3) is 0 Å². The van der Waals surface area contributed by atoms with E-state index in [0.717, 1.165) is 17.7 Å². The van der Waals surface area contributed by atoms with Crippen molar-refractivity contribution >= 4 is 23.2 Å². The first-order valence-electron chi connectivity index (χ1n) is 6.86. The smallest absolute Gasteiger partial charge is 0.239 e. The molecule has 0 bridgehead atoms. The highest BCUT2D eigenvalue weighted by molar-refractivity contribution is 6.30. The van der Waals surface area contributed by atoms with Crippen molar-refractivity contribution < 1.29 is 18.0 Å². The van der Waals surface area contributed by atoms with Gasteiger partial charge in [-0.2, -0.15) is 0 Å². The van der Waals surface area contributed by atoms with Crippen LogP contribution in [-0.4, -0.2) is 19.0 Å². The fourth-order valence-electron chi connectivity index (χ4n) is 1.94. The second-order valence-electron chi connectivity index (χ2n) is 4.81. The van der Waals surface area contributed by atoms with E-state index in [2.05, 4.69) is 10.6 Å². The number of halogens is 4. The van der Waals surface area contributed by atoms with Crippen LogP contribution in [0, 0.1) is 17.5 Å². The summed E-state index contributed by atoms with van der Waals surface area (Å²) < 4.78 is 39.2. The molecule has 23 heavy (non-hydrogen) atoms. The predicted octanol–water partition coefficient (Wildman–Crippen LogP) is 3.53. The van der Waals surface area contributed by atoms with Gasteiger partial charge in [0.1, 0.15) is 0 Å². The van der Waals surface area contributed by atoms with Crippen LogP contribution in [0.15, 0.2) is 36.4 Å². The molecule has 3 nitrogen and oxygen atoms in total. The van der Waals surface area contributed by atoms with E-state index in [1.807, 2.05) is 12.1 Å². The number of anilines is 1. The Kier molecular flexibility index (Phi) is 5.87. The molecular weight excluding hydrogens is 329 g/mol. The summed E-state index contributed by atoms with van der Waals surface area (Å²) in [4.78, 5) is 11.6. The number of nitrogens with one attached hydrogen (secondary N) is 2. The summed E-state index contributed by atoms with van der Waals surface area (Å²) in [5.41, 5.74) is 0.700. The number of hydrogen-bond acceptors (Lipinski definition) is 2. The molecule has 0 fully saturated rings. The SMILES string of the molecule is O=C(CNc1ccc(F)c(F)c1F)NCCc1cccc(Cl)c1. The minimum atomic E-state index is -1.57. The summed E-state index contributed by atoms with van der Waals surface area (Å²) in [6.45, 7) is 0.124. The number of carbonyl (C=O) groups is 1. The Hall–Kier alpha value is -2.21. The maximum absolute atomic E-state index is 13.4.